The fraction of sp³-hybridized carbons (Fsp3) is 0.429. The Kier molecular flexibility index (Phi) is 7.01. The smallest absolute Gasteiger partial charge is 0.242 e. The van der Waals surface area contributed by atoms with Crippen LogP contribution in [-0.2, 0) is 9.59 Å². The van der Waals surface area contributed by atoms with Crippen LogP contribution in [0.25, 0.3) is 0 Å². The summed E-state index contributed by atoms with van der Waals surface area (Å²) in [5.74, 6) is 1.52. The Labute approximate surface area is 135 Å². The van der Waals surface area contributed by atoms with E-state index in [9.17, 15) is 9.59 Å². The zero-order valence-electron chi connectivity index (χ0n) is 12.0. The van der Waals surface area contributed by atoms with Crippen molar-refractivity contribution in [2.24, 2.45) is 5.92 Å². The van der Waals surface area contributed by atoms with Gasteiger partial charge in [0.05, 0.1) is 6.04 Å². The molecule has 2 amide bonds. The molecule has 7 heteroatoms. The Morgan fingerprint density at radius 1 is 1.19 bits per heavy atom. The highest BCUT2D eigenvalue weighted by atomic mass is 35.5. The van der Waals surface area contributed by atoms with Crippen molar-refractivity contribution in [3.8, 4) is 0 Å². The van der Waals surface area contributed by atoms with E-state index in [2.05, 4.69) is 16.0 Å². The molecular weight excluding hydrogens is 310 g/mol. The molecule has 0 aliphatic carbocycles. The van der Waals surface area contributed by atoms with E-state index in [0.717, 1.165) is 23.0 Å². The van der Waals surface area contributed by atoms with Crippen LogP contribution in [0.15, 0.2) is 24.3 Å². The first-order chi connectivity index (χ1) is 9.56. The number of hydrogen-bond acceptors (Lipinski definition) is 4. The van der Waals surface area contributed by atoms with Gasteiger partial charge >= 0.3 is 0 Å². The highest BCUT2D eigenvalue weighted by Gasteiger charge is 2.22. The Balaban J connectivity index is 0.00000220. The van der Waals surface area contributed by atoms with Gasteiger partial charge < -0.3 is 10.6 Å². The summed E-state index contributed by atoms with van der Waals surface area (Å²) in [6.07, 6.45) is 0. The lowest BCUT2D eigenvalue weighted by Crippen LogP contribution is -2.37. The number of benzene rings is 1. The molecule has 116 valence electrons. The number of carbonyl (C=O) groups excluding carboxylic acids is 2. The molecule has 0 saturated carbocycles. The zero-order chi connectivity index (χ0) is 14.5. The van der Waals surface area contributed by atoms with Gasteiger partial charge in [0.1, 0.15) is 0 Å². The van der Waals surface area contributed by atoms with Crippen molar-refractivity contribution in [2.45, 2.75) is 19.9 Å². The largest absolute Gasteiger partial charge is 0.326 e. The summed E-state index contributed by atoms with van der Waals surface area (Å²) in [5.41, 5.74) is 1.47. The summed E-state index contributed by atoms with van der Waals surface area (Å²) < 4.78 is 0. The van der Waals surface area contributed by atoms with E-state index in [0.29, 0.717) is 0 Å². The lowest BCUT2D eigenvalue weighted by atomic mass is 10.2. The van der Waals surface area contributed by atoms with Gasteiger partial charge in [-0.05, 0) is 24.3 Å². The van der Waals surface area contributed by atoms with Gasteiger partial charge in [-0.25, -0.2) is 0 Å². The van der Waals surface area contributed by atoms with Crippen LogP contribution in [0.3, 0.4) is 0 Å². The maximum Gasteiger partial charge on any atom is 0.242 e. The molecule has 1 atom stereocenters. The molecule has 1 fully saturated rings. The van der Waals surface area contributed by atoms with Crippen molar-refractivity contribution in [3.63, 3.8) is 0 Å². The molecule has 1 aliphatic heterocycles. The van der Waals surface area contributed by atoms with Gasteiger partial charge in [-0.3, -0.25) is 14.9 Å². The van der Waals surface area contributed by atoms with Crippen LogP contribution in [0.2, 0.25) is 0 Å². The van der Waals surface area contributed by atoms with E-state index in [1.54, 1.807) is 36.0 Å². The molecule has 0 radical (unpaired) electrons. The van der Waals surface area contributed by atoms with Crippen LogP contribution >= 0.6 is 24.2 Å². The van der Waals surface area contributed by atoms with E-state index in [4.69, 9.17) is 0 Å². The molecule has 0 spiro atoms. The number of hydrogen-bond donors (Lipinski definition) is 3. The topological polar surface area (TPSA) is 70.2 Å². The molecule has 1 aliphatic rings. The summed E-state index contributed by atoms with van der Waals surface area (Å²) in [5, 5.41) is 8.79. The number of rotatable bonds is 4. The molecule has 1 heterocycles. The summed E-state index contributed by atoms with van der Waals surface area (Å²) in [7, 11) is 0. The molecule has 5 nitrogen and oxygen atoms in total. The number of nitrogens with one attached hydrogen (secondary N) is 3. The molecule has 3 N–H and O–H groups in total. The molecule has 1 aromatic rings. The van der Waals surface area contributed by atoms with Crippen molar-refractivity contribution in [1.29, 1.82) is 0 Å². The second-order valence-electron chi connectivity index (χ2n) is 4.98. The zero-order valence-corrected chi connectivity index (χ0v) is 13.6. The minimum Gasteiger partial charge on any atom is -0.326 e. The first-order valence-electron chi connectivity index (χ1n) is 6.59. The summed E-state index contributed by atoms with van der Waals surface area (Å²) in [6, 6.07) is 7.02. The predicted octanol–water partition coefficient (Wildman–Crippen LogP) is 2.30. The highest BCUT2D eigenvalue weighted by molar-refractivity contribution is 7.99. The summed E-state index contributed by atoms with van der Waals surface area (Å²) >= 11 is 1.71. The van der Waals surface area contributed by atoms with E-state index < -0.39 is 0 Å². The van der Waals surface area contributed by atoms with E-state index in [-0.39, 0.29) is 36.2 Å². The van der Waals surface area contributed by atoms with Gasteiger partial charge in [0.15, 0.2) is 0 Å². The fourth-order valence-corrected chi connectivity index (χ4v) is 2.66. The third-order valence-electron chi connectivity index (χ3n) is 2.98. The van der Waals surface area contributed by atoms with Crippen LogP contribution in [0, 0.1) is 5.92 Å². The Bertz CT molecular complexity index is 487. The fourth-order valence-electron chi connectivity index (χ4n) is 1.72. The average Bonchev–Trinajstić information content (AvgIpc) is 2.95. The second-order valence-corrected chi connectivity index (χ2v) is 6.01. The first-order valence-corrected chi connectivity index (χ1v) is 7.74. The van der Waals surface area contributed by atoms with Crippen LogP contribution in [-0.4, -0.2) is 29.5 Å². The first kappa shape index (κ1) is 17.8. The Morgan fingerprint density at radius 2 is 1.76 bits per heavy atom. The van der Waals surface area contributed by atoms with E-state index in [1.165, 1.54) is 0 Å². The summed E-state index contributed by atoms with van der Waals surface area (Å²) in [6.45, 7) is 3.69. The second kappa shape index (κ2) is 8.26. The third kappa shape index (κ3) is 5.22. The number of anilines is 2. The van der Waals surface area contributed by atoms with Crippen LogP contribution in [0.4, 0.5) is 11.4 Å². The van der Waals surface area contributed by atoms with Crippen LogP contribution in [0.1, 0.15) is 13.8 Å². The van der Waals surface area contributed by atoms with Crippen molar-refractivity contribution in [2.75, 3.05) is 22.3 Å². The average molecular weight is 330 g/mol. The molecule has 0 bridgehead atoms. The minimum atomic E-state index is -0.125. The van der Waals surface area contributed by atoms with Gasteiger partial charge in [0.25, 0.3) is 0 Å². The third-order valence-corrected chi connectivity index (χ3v) is 3.92. The van der Waals surface area contributed by atoms with Crippen molar-refractivity contribution in [1.82, 2.24) is 5.32 Å². The quantitative estimate of drug-likeness (QED) is 0.792. The lowest BCUT2D eigenvalue weighted by Gasteiger charge is -2.11. The normalized spacial score (nSPS) is 17.2. The SMILES string of the molecule is CC(C)C(=O)Nc1ccc(NC(=O)C2CSCN2)cc1.Cl. The van der Waals surface area contributed by atoms with E-state index >= 15 is 0 Å². The lowest BCUT2D eigenvalue weighted by molar-refractivity contribution is -0.119. The van der Waals surface area contributed by atoms with Crippen LogP contribution in [0.5, 0.6) is 0 Å². The van der Waals surface area contributed by atoms with Crippen molar-refractivity contribution in [3.05, 3.63) is 24.3 Å². The van der Waals surface area contributed by atoms with E-state index in [1.807, 2.05) is 13.8 Å². The van der Waals surface area contributed by atoms with Gasteiger partial charge in [-0.15, -0.1) is 24.2 Å². The standard InChI is InChI=1S/C14H19N3O2S.ClH/c1-9(2)13(18)16-10-3-5-11(6-4-10)17-14(19)12-7-20-8-15-12;/h3-6,9,12,15H,7-8H2,1-2H3,(H,16,18)(H,17,19);1H. The monoisotopic (exact) mass is 329 g/mol. The maximum absolute atomic E-state index is 11.9. The Morgan fingerprint density at radius 3 is 2.24 bits per heavy atom. The number of carbonyl (C=O) groups is 2. The van der Waals surface area contributed by atoms with Gasteiger partial charge in [0.2, 0.25) is 11.8 Å². The number of halogens is 1. The minimum absolute atomic E-state index is 0. The maximum atomic E-state index is 11.9. The van der Waals surface area contributed by atoms with Crippen molar-refractivity contribution < 1.29 is 9.59 Å². The molecule has 1 unspecified atom stereocenters. The molecule has 1 aromatic carbocycles. The molecule has 1 saturated heterocycles. The van der Waals surface area contributed by atoms with Crippen LogP contribution < -0.4 is 16.0 Å². The summed E-state index contributed by atoms with van der Waals surface area (Å²) in [4.78, 5) is 23.5. The molecule has 21 heavy (non-hydrogen) atoms. The van der Waals surface area contributed by atoms with Gasteiger partial charge in [0, 0.05) is 28.9 Å². The number of amides is 2. The van der Waals surface area contributed by atoms with Gasteiger partial charge in [-0.2, -0.15) is 0 Å². The highest BCUT2D eigenvalue weighted by Crippen LogP contribution is 2.16. The molecule has 2 rings (SSSR count). The molecular formula is C14H20ClN3O2S. The number of thioether (sulfide) groups is 1. The van der Waals surface area contributed by atoms with Crippen molar-refractivity contribution >= 4 is 47.4 Å². The van der Waals surface area contributed by atoms with Gasteiger partial charge in [-0.1, -0.05) is 13.8 Å². The Hall–Kier alpha value is -1.24. The molecule has 0 aromatic heterocycles. The predicted molar refractivity (Wildman–Crippen MR) is 90.0 cm³/mol.